The van der Waals surface area contributed by atoms with E-state index in [4.69, 9.17) is 0 Å². The van der Waals surface area contributed by atoms with Crippen LogP contribution in [-0.2, 0) is 0 Å². The van der Waals surface area contributed by atoms with Crippen LogP contribution in [0.5, 0.6) is 0 Å². The lowest BCUT2D eigenvalue weighted by Gasteiger charge is -2.38. The van der Waals surface area contributed by atoms with E-state index in [1.807, 2.05) is 12.1 Å². The van der Waals surface area contributed by atoms with Crippen molar-refractivity contribution in [3.05, 3.63) is 59.0 Å². The van der Waals surface area contributed by atoms with E-state index in [1.54, 1.807) is 0 Å². The molecule has 0 aliphatic rings. The topological polar surface area (TPSA) is 4.93 Å². The predicted molar refractivity (Wildman–Crippen MR) is 108 cm³/mol. The van der Waals surface area contributed by atoms with Crippen molar-refractivity contribution in [2.24, 2.45) is 0 Å². The molecular formula is C20H23BrFNSi. The summed E-state index contributed by atoms with van der Waals surface area (Å²) >= 11 is 3.72. The van der Waals surface area contributed by atoms with E-state index in [2.05, 4.69) is 78.4 Å². The number of rotatable bonds is 2. The molecule has 2 aromatic carbocycles. The molecule has 0 aliphatic carbocycles. The van der Waals surface area contributed by atoms with Crippen molar-refractivity contribution in [1.82, 2.24) is 4.23 Å². The van der Waals surface area contributed by atoms with Gasteiger partial charge in [0.1, 0.15) is 5.82 Å². The molecule has 0 amide bonds. The predicted octanol–water partition coefficient (Wildman–Crippen LogP) is 7.06. The number of hydrogen-bond acceptors (Lipinski definition) is 0. The summed E-state index contributed by atoms with van der Waals surface area (Å²) in [6.45, 7) is 11.8. The largest absolute Gasteiger partial charge is 0.373 e. The van der Waals surface area contributed by atoms with Crippen molar-refractivity contribution < 1.29 is 4.39 Å². The van der Waals surface area contributed by atoms with Crippen LogP contribution in [0.3, 0.4) is 0 Å². The quantitative estimate of drug-likeness (QED) is 0.403. The zero-order chi connectivity index (χ0) is 17.7. The molecule has 0 spiro atoms. The van der Waals surface area contributed by atoms with Crippen LogP contribution in [0.1, 0.15) is 20.8 Å². The lowest BCUT2D eigenvalue weighted by atomic mass is 10.0. The molecule has 0 N–H and O–H groups in total. The van der Waals surface area contributed by atoms with Gasteiger partial charge in [-0.1, -0.05) is 58.1 Å². The van der Waals surface area contributed by atoms with Gasteiger partial charge in [0.15, 0.2) is 8.24 Å². The smallest absolute Gasteiger partial charge is 0.161 e. The molecule has 3 rings (SSSR count). The van der Waals surface area contributed by atoms with Crippen LogP contribution < -0.4 is 0 Å². The number of aromatic nitrogens is 1. The molecule has 4 heteroatoms. The second-order valence-corrected chi connectivity index (χ2v) is 13.8. The number of halogens is 2. The Labute approximate surface area is 152 Å². The van der Waals surface area contributed by atoms with Crippen molar-refractivity contribution in [2.45, 2.75) is 38.9 Å². The molecule has 1 heterocycles. The second kappa shape index (κ2) is 5.85. The van der Waals surface area contributed by atoms with Gasteiger partial charge in [0, 0.05) is 21.6 Å². The molecule has 0 saturated heterocycles. The summed E-state index contributed by atoms with van der Waals surface area (Å²) in [5, 5.41) is 1.47. The molecule has 0 atom stereocenters. The minimum Gasteiger partial charge on any atom is -0.373 e. The molecule has 24 heavy (non-hydrogen) atoms. The molecule has 0 bridgehead atoms. The first-order valence-corrected chi connectivity index (χ1v) is 11.9. The van der Waals surface area contributed by atoms with Crippen LogP contribution in [0.25, 0.3) is 22.0 Å². The monoisotopic (exact) mass is 403 g/mol. The standard InChI is InChI=1S/C20H23BrFNSi/c1-20(2,3)24(4,5)23-13-18(21)17-11-8-15(12-19(17)23)14-6-9-16(22)10-7-14/h6-13H,1-5H3. The van der Waals surface area contributed by atoms with Crippen molar-refractivity contribution >= 4 is 35.1 Å². The number of hydrogen-bond donors (Lipinski definition) is 0. The van der Waals surface area contributed by atoms with Crippen LogP contribution in [0, 0.1) is 5.82 Å². The van der Waals surface area contributed by atoms with E-state index in [9.17, 15) is 4.39 Å². The Morgan fingerprint density at radius 2 is 1.54 bits per heavy atom. The summed E-state index contributed by atoms with van der Waals surface area (Å²) in [7, 11) is -1.73. The van der Waals surface area contributed by atoms with Crippen molar-refractivity contribution in [3.63, 3.8) is 0 Å². The summed E-state index contributed by atoms with van der Waals surface area (Å²) in [4.78, 5) is 0. The maximum absolute atomic E-state index is 13.2. The van der Waals surface area contributed by atoms with Crippen LogP contribution in [0.15, 0.2) is 53.1 Å². The van der Waals surface area contributed by atoms with E-state index < -0.39 is 8.24 Å². The molecular weight excluding hydrogens is 381 g/mol. The van der Waals surface area contributed by atoms with Gasteiger partial charge >= 0.3 is 0 Å². The van der Waals surface area contributed by atoms with Crippen LogP contribution in [-0.4, -0.2) is 12.5 Å². The molecule has 1 aromatic heterocycles. The van der Waals surface area contributed by atoms with Gasteiger partial charge in [0.05, 0.1) is 0 Å². The van der Waals surface area contributed by atoms with Gasteiger partial charge in [-0.15, -0.1) is 0 Å². The maximum Gasteiger partial charge on any atom is 0.161 e. The molecule has 0 unspecified atom stereocenters. The van der Waals surface area contributed by atoms with Gasteiger partial charge in [0.2, 0.25) is 0 Å². The number of benzene rings is 2. The third kappa shape index (κ3) is 2.86. The first kappa shape index (κ1) is 17.4. The minimum absolute atomic E-state index is 0.202. The molecule has 0 fully saturated rings. The first-order valence-electron chi connectivity index (χ1n) is 8.18. The van der Waals surface area contributed by atoms with Crippen molar-refractivity contribution in [1.29, 1.82) is 0 Å². The molecule has 126 valence electrons. The summed E-state index contributed by atoms with van der Waals surface area (Å²) in [6.07, 6.45) is 2.23. The highest BCUT2D eigenvalue weighted by atomic mass is 79.9. The summed E-state index contributed by atoms with van der Waals surface area (Å²) < 4.78 is 16.8. The molecule has 0 radical (unpaired) electrons. The SMILES string of the molecule is CC(C)(C)[Si](C)(C)n1cc(Br)c2ccc(-c3ccc(F)cc3)cc21. The lowest BCUT2D eigenvalue weighted by Crippen LogP contribution is -2.44. The third-order valence-electron chi connectivity index (χ3n) is 5.37. The summed E-state index contributed by atoms with van der Waals surface area (Å²) in [5.41, 5.74) is 3.40. The van der Waals surface area contributed by atoms with Crippen molar-refractivity contribution in [3.8, 4) is 11.1 Å². The van der Waals surface area contributed by atoms with Crippen LogP contribution >= 0.6 is 15.9 Å². The van der Waals surface area contributed by atoms with Crippen LogP contribution in [0.4, 0.5) is 4.39 Å². The van der Waals surface area contributed by atoms with Gasteiger partial charge in [-0.2, -0.15) is 0 Å². The molecule has 1 nitrogen and oxygen atoms in total. The Morgan fingerprint density at radius 3 is 2.12 bits per heavy atom. The number of nitrogens with zero attached hydrogens (tertiary/aromatic N) is 1. The van der Waals surface area contributed by atoms with Crippen LogP contribution in [0.2, 0.25) is 18.1 Å². The van der Waals surface area contributed by atoms with E-state index in [1.165, 1.54) is 23.0 Å². The molecule has 0 aliphatic heterocycles. The fraction of sp³-hybridized carbons (Fsp3) is 0.300. The Morgan fingerprint density at radius 1 is 0.958 bits per heavy atom. The molecule has 0 saturated carbocycles. The van der Waals surface area contributed by atoms with E-state index >= 15 is 0 Å². The van der Waals surface area contributed by atoms with Gasteiger partial charge in [-0.05, 0) is 50.3 Å². The molecule has 3 aromatic rings. The Kier molecular flexibility index (Phi) is 4.25. The highest BCUT2D eigenvalue weighted by Gasteiger charge is 2.38. The van der Waals surface area contributed by atoms with E-state index in [0.717, 1.165) is 15.6 Å². The van der Waals surface area contributed by atoms with E-state index in [0.29, 0.717) is 0 Å². The second-order valence-electron chi connectivity index (χ2n) is 7.89. The number of fused-ring (bicyclic) bond motifs is 1. The zero-order valence-electron chi connectivity index (χ0n) is 14.8. The lowest BCUT2D eigenvalue weighted by molar-refractivity contribution is 0.628. The Balaban J connectivity index is 2.22. The third-order valence-corrected chi connectivity index (χ3v) is 11.2. The maximum atomic E-state index is 13.2. The fourth-order valence-electron chi connectivity index (χ4n) is 2.83. The average molecular weight is 404 g/mol. The Bertz CT molecular complexity index is 888. The highest BCUT2D eigenvalue weighted by molar-refractivity contribution is 9.10. The first-order chi connectivity index (χ1) is 11.1. The van der Waals surface area contributed by atoms with Crippen molar-refractivity contribution in [2.75, 3.05) is 0 Å². The average Bonchev–Trinajstić information content (AvgIpc) is 2.84. The summed E-state index contributed by atoms with van der Waals surface area (Å²) in [6, 6.07) is 13.2. The Hall–Kier alpha value is -1.39. The van der Waals surface area contributed by atoms with Gasteiger partial charge < -0.3 is 4.23 Å². The minimum atomic E-state index is -1.73. The van der Waals surface area contributed by atoms with Gasteiger partial charge in [-0.3, -0.25) is 0 Å². The van der Waals surface area contributed by atoms with Gasteiger partial charge in [-0.25, -0.2) is 4.39 Å². The summed E-state index contributed by atoms with van der Waals surface area (Å²) in [5.74, 6) is -0.202. The zero-order valence-corrected chi connectivity index (χ0v) is 17.4. The van der Waals surface area contributed by atoms with E-state index in [-0.39, 0.29) is 10.9 Å². The highest BCUT2D eigenvalue weighted by Crippen LogP contribution is 2.41. The fourth-order valence-corrected chi connectivity index (χ4v) is 5.52. The van der Waals surface area contributed by atoms with Gasteiger partial charge in [0.25, 0.3) is 0 Å². The normalized spacial score (nSPS) is 12.8.